The van der Waals surface area contributed by atoms with Crippen molar-refractivity contribution in [3.05, 3.63) is 18.0 Å². The van der Waals surface area contributed by atoms with Gasteiger partial charge >= 0.3 is 0 Å². The van der Waals surface area contributed by atoms with E-state index in [1.807, 2.05) is 31.9 Å². The highest BCUT2D eigenvalue weighted by atomic mass is 16.3. The Morgan fingerprint density at radius 3 is 2.50 bits per heavy atom. The molecule has 1 amide bonds. The maximum absolute atomic E-state index is 12.2. The van der Waals surface area contributed by atoms with Gasteiger partial charge in [0, 0.05) is 38.9 Å². The SMILES string of the molecule is Cc1cnn(CC(=O)N2CCN(CC(C)(C)O)CC2)c1. The minimum Gasteiger partial charge on any atom is -0.389 e. The third-order valence-electron chi connectivity index (χ3n) is 3.40. The van der Waals surface area contributed by atoms with Gasteiger partial charge in [0.1, 0.15) is 6.54 Å². The molecule has 2 heterocycles. The lowest BCUT2D eigenvalue weighted by Crippen LogP contribution is -2.52. The Morgan fingerprint density at radius 1 is 1.35 bits per heavy atom. The number of amides is 1. The first kappa shape index (κ1) is 15.0. The van der Waals surface area contributed by atoms with E-state index in [1.165, 1.54) is 0 Å². The van der Waals surface area contributed by atoms with E-state index >= 15 is 0 Å². The molecule has 1 fully saturated rings. The number of β-amino-alcohol motifs (C(OH)–C–C–N with tert-alkyl or cyclic N) is 1. The van der Waals surface area contributed by atoms with Gasteiger partial charge in [-0.05, 0) is 26.3 Å². The summed E-state index contributed by atoms with van der Waals surface area (Å²) in [5.41, 5.74) is 0.381. The van der Waals surface area contributed by atoms with Gasteiger partial charge < -0.3 is 10.0 Å². The van der Waals surface area contributed by atoms with Crippen LogP contribution in [0.2, 0.25) is 0 Å². The van der Waals surface area contributed by atoms with Gasteiger partial charge in [0.05, 0.1) is 11.8 Å². The maximum atomic E-state index is 12.2. The maximum Gasteiger partial charge on any atom is 0.244 e. The normalized spacial score (nSPS) is 17.5. The summed E-state index contributed by atoms with van der Waals surface area (Å²) in [5, 5.41) is 13.9. The molecule has 1 aromatic heterocycles. The van der Waals surface area contributed by atoms with Gasteiger partial charge in [-0.3, -0.25) is 14.4 Å². The van der Waals surface area contributed by atoms with Crippen molar-refractivity contribution in [3.63, 3.8) is 0 Å². The van der Waals surface area contributed by atoms with Crippen LogP contribution in [0.3, 0.4) is 0 Å². The van der Waals surface area contributed by atoms with Crippen LogP contribution in [0.1, 0.15) is 19.4 Å². The van der Waals surface area contributed by atoms with E-state index in [9.17, 15) is 9.90 Å². The average molecular weight is 280 g/mol. The van der Waals surface area contributed by atoms with Crippen LogP contribution in [0.15, 0.2) is 12.4 Å². The van der Waals surface area contributed by atoms with E-state index in [2.05, 4.69) is 10.00 Å². The minimum atomic E-state index is -0.682. The number of carbonyl (C=O) groups excluding carboxylic acids is 1. The Kier molecular flexibility index (Phi) is 4.45. The van der Waals surface area contributed by atoms with Crippen LogP contribution in [-0.4, -0.2) is 68.9 Å². The second-order valence-corrected chi connectivity index (χ2v) is 6.18. The van der Waals surface area contributed by atoms with Crippen LogP contribution in [0.4, 0.5) is 0 Å². The van der Waals surface area contributed by atoms with Gasteiger partial charge in [-0.15, -0.1) is 0 Å². The summed E-state index contributed by atoms with van der Waals surface area (Å²) in [6.07, 6.45) is 3.64. The smallest absolute Gasteiger partial charge is 0.244 e. The molecule has 0 aromatic carbocycles. The zero-order valence-corrected chi connectivity index (χ0v) is 12.5. The fourth-order valence-corrected chi connectivity index (χ4v) is 2.49. The van der Waals surface area contributed by atoms with Crippen LogP contribution in [0, 0.1) is 6.92 Å². The number of carbonyl (C=O) groups is 1. The van der Waals surface area contributed by atoms with Crippen molar-refractivity contribution in [1.29, 1.82) is 0 Å². The molecule has 1 aliphatic rings. The molecular formula is C14H24N4O2. The Morgan fingerprint density at radius 2 is 2.00 bits per heavy atom. The van der Waals surface area contributed by atoms with Gasteiger partial charge in [-0.25, -0.2) is 0 Å². The zero-order valence-electron chi connectivity index (χ0n) is 12.5. The lowest BCUT2D eigenvalue weighted by Gasteiger charge is -2.37. The second kappa shape index (κ2) is 5.93. The molecule has 1 saturated heterocycles. The first-order valence-electron chi connectivity index (χ1n) is 7.05. The van der Waals surface area contributed by atoms with Crippen molar-refractivity contribution >= 4 is 5.91 Å². The van der Waals surface area contributed by atoms with Gasteiger partial charge in [0.15, 0.2) is 0 Å². The van der Waals surface area contributed by atoms with Gasteiger partial charge in [0.2, 0.25) is 5.91 Å². The third-order valence-corrected chi connectivity index (χ3v) is 3.40. The standard InChI is InChI=1S/C14H24N4O2/c1-12-8-15-18(9-12)10-13(19)17-6-4-16(5-7-17)11-14(2,3)20/h8-9,20H,4-7,10-11H2,1-3H3. The molecule has 1 N–H and O–H groups in total. The van der Waals surface area contributed by atoms with Crippen LogP contribution >= 0.6 is 0 Å². The number of hydrogen-bond acceptors (Lipinski definition) is 4. The molecule has 0 aliphatic carbocycles. The summed E-state index contributed by atoms with van der Waals surface area (Å²) >= 11 is 0. The minimum absolute atomic E-state index is 0.107. The van der Waals surface area contributed by atoms with Crippen LogP contribution in [0.5, 0.6) is 0 Å². The molecule has 1 aromatic rings. The lowest BCUT2D eigenvalue weighted by molar-refractivity contribution is -0.134. The lowest BCUT2D eigenvalue weighted by atomic mass is 10.1. The summed E-state index contributed by atoms with van der Waals surface area (Å²) < 4.78 is 1.68. The molecule has 1 aliphatic heterocycles. The highest BCUT2D eigenvalue weighted by Gasteiger charge is 2.25. The molecule has 112 valence electrons. The van der Waals surface area contributed by atoms with E-state index in [0.717, 1.165) is 31.7 Å². The first-order valence-corrected chi connectivity index (χ1v) is 7.05. The summed E-state index contributed by atoms with van der Waals surface area (Å²) in [5.74, 6) is 0.107. The fraction of sp³-hybridized carbons (Fsp3) is 0.714. The molecule has 0 saturated carbocycles. The van der Waals surface area contributed by atoms with Crippen molar-refractivity contribution in [2.45, 2.75) is 32.9 Å². The molecule has 6 heteroatoms. The van der Waals surface area contributed by atoms with E-state index < -0.39 is 5.60 Å². The summed E-state index contributed by atoms with van der Waals surface area (Å²) in [7, 11) is 0. The average Bonchev–Trinajstić information content (AvgIpc) is 2.73. The summed E-state index contributed by atoms with van der Waals surface area (Å²) in [6, 6.07) is 0. The largest absolute Gasteiger partial charge is 0.389 e. The molecule has 0 spiro atoms. The van der Waals surface area contributed by atoms with E-state index in [1.54, 1.807) is 10.9 Å². The van der Waals surface area contributed by atoms with Crippen LogP contribution < -0.4 is 0 Å². The second-order valence-electron chi connectivity index (χ2n) is 6.18. The van der Waals surface area contributed by atoms with Gasteiger partial charge in [0.25, 0.3) is 0 Å². The summed E-state index contributed by atoms with van der Waals surface area (Å²) in [6.45, 7) is 9.59. The highest BCUT2D eigenvalue weighted by molar-refractivity contribution is 5.76. The zero-order chi connectivity index (χ0) is 14.8. The molecule has 0 bridgehead atoms. The predicted molar refractivity (Wildman–Crippen MR) is 76.3 cm³/mol. The summed E-state index contributed by atoms with van der Waals surface area (Å²) in [4.78, 5) is 16.2. The number of aryl methyl sites for hydroxylation is 1. The first-order chi connectivity index (χ1) is 9.33. The molecule has 2 rings (SSSR count). The Hall–Kier alpha value is -1.40. The number of aromatic nitrogens is 2. The number of hydrogen-bond donors (Lipinski definition) is 1. The number of aliphatic hydroxyl groups is 1. The molecule has 0 unspecified atom stereocenters. The quantitative estimate of drug-likeness (QED) is 0.850. The van der Waals surface area contributed by atoms with Crippen molar-refractivity contribution in [1.82, 2.24) is 19.6 Å². The number of nitrogens with zero attached hydrogens (tertiary/aromatic N) is 4. The Bertz CT molecular complexity index is 456. The third kappa shape index (κ3) is 4.31. The Balaban J connectivity index is 1.80. The van der Waals surface area contributed by atoms with Gasteiger partial charge in [-0.1, -0.05) is 0 Å². The van der Waals surface area contributed by atoms with Crippen molar-refractivity contribution in [2.75, 3.05) is 32.7 Å². The molecule has 0 radical (unpaired) electrons. The fourth-order valence-electron chi connectivity index (χ4n) is 2.49. The number of piperazine rings is 1. The monoisotopic (exact) mass is 280 g/mol. The number of rotatable bonds is 4. The Labute approximate surface area is 120 Å². The van der Waals surface area contributed by atoms with Crippen LogP contribution in [0.25, 0.3) is 0 Å². The molecule has 20 heavy (non-hydrogen) atoms. The van der Waals surface area contributed by atoms with Crippen LogP contribution in [-0.2, 0) is 11.3 Å². The van der Waals surface area contributed by atoms with Gasteiger partial charge in [-0.2, -0.15) is 5.10 Å². The molecule has 6 nitrogen and oxygen atoms in total. The van der Waals surface area contributed by atoms with Crippen molar-refractivity contribution in [3.8, 4) is 0 Å². The van der Waals surface area contributed by atoms with Crippen molar-refractivity contribution < 1.29 is 9.90 Å². The molecule has 0 atom stereocenters. The van der Waals surface area contributed by atoms with E-state index in [-0.39, 0.29) is 5.91 Å². The van der Waals surface area contributed by atoms with E-state index in [4.69, 9.17) is 0 Å². The highest BCUT2D eigenvalue weighted by Crippen LogP contribution is 2.09. The molecular weight excluding hydrogens is 256 g/mol. The van der Waals surface area contributed by atoms with Crippen molar-refractivity contribution in [2.24, 2.45) is 0 Å². The topological polar surface area (TPSA) is 61.6 Å². The predicted octanol–water partition coefficient (Wildman–Crippen LogP) is 0.107. The van der Waals surface area contributed by atoms with E-state index in [0.29, 0.717) is 13.1 Å².